The molecule has 0 radical (unpaired) electrons. The first-order valence-corrected chi connectivity index (χ1v) is 5.35. The standard InChI is InChI=1S/C12H12ClNO/c1-2-10(15)8-14-7-6-9-4-3-5-11(13)12(9)14/h3-7H,2,8H2,1H3. The maximum absolute atomic E-state index is 11.4. The number of hydrogen-bond donors (Lipinski definition) is 0. The quantitative estimate of drug-likeness (QED) is 0.780. The van der Waals surface area contributed by atoms with E-state index in [1.807, 2.05) is 42.0 Å². The summed E-state index contributed by atoms with van der Waals surface area (Å²) in [6.45, 7) is 2.28. The second-order valence-electron chi connectivity index (χ2n) is 3.51. The van der Waals surface area contributed by atoms with E-state index in [1.165, 1.54) is 0 Å². The molecule has 3 heteroatoms. The van der Waals surface area contributed by atoms with Crippen LogP contribution in [0.5, 0.6) is 0 Å². The molecule has 0 unspecified atom stereocenters. The van der Waals surface area contributed by atoms with Crippen LogP contribution in [0.15, 0.2) is 30.5 Å². The lowest BCUT2D eigenvalue weighted by molar-refractivity contribution is -0.119. The summed E-state index contributed by atoms with van der Waals surface area (Å²) in [6.07, 6.45) is 2.47. The van der Waals surface area contributed by atoms with Gasteiger partial charge in [-0.05, 0) is 12.1 Å². The normalized spacial score (nSPS) is 10.8. The fourth-order valence-corrected chi connectivity index (χ4v) is 1.94. The number of carbonyl (C=O) groups excluding carboxylic acids is 1. The van der Waals surface area contributed by atoms with Gasteiger partial charge in [-0.1, -0.05) is 30.7 Å². The van der Waals surface area contributed by atoms with Gasteiger partial charge in [0, 0.05) is 18.0 Å². The lowest BCUT2D eigenvalue weighted by Gasteiger charge is -2.04. The third-order valence-electron chi connectivity index (χ3n) is 2.48. The summed E-state index contributed by atoms with van der Waals surface area (Å²) >= 11 is 6.10. The van der Waals surface area contributed by atoms with Crippen molar-refractivity contribution in [1.82, 2.24) is 4.57 Å². The highest BCUT2D eigenvalue weighted by molar-refractivity contribution is 6.35. The minimum Gasteiger partial charge on any atom is -0.339 e. The van der Waals surface area contributed by atoms with E-state index in [9.17, 15) is 4.79 Å². The molecule has 2 aromatic rings. The Morgan fingerprint density at radius 3 is 2.93 bits per heavy atom. The summed E-state index contributed by atoms with van der Waals surface area (Å²) in [4.78, 5) is 11.4. The third kappa shape index (κ3) is 1.90. The zero-order chi connectivity index (χ0) is 10.8. The highest BCUT2D eigenvalue weighted by Crippen LogP contribution is 2.24. The molecule has 0 aliphatic carbocycles. The first kappa shape index (κ1) is 10.2. The summed E-state index contributed by atoms with van der Waals surface area (Å²) in [5.41, 5.74) is 0.945. The van der Waals surface area contributed by atoms with Gasteiger partial charge in [0.2, 0.25) is 0 Å². The van der Waals surface area contributed by atoms with Crippen molar-refractivity contribution in [2.75, 3.05) is 0 Å². The molecule has 15 heavy (non-hydrogen) atoms. The maximum atomic E-state index is 11.4. The van der Waals surface area contributed by atoms with E-state index in [2.05, 4.69) is 0 Å². The molecule has 2 nitrogen and oxygen atoms in total. The van der Waals surface area contributed by atoms with Crippen LogP contribution in [0.2, 0.25) is 5.02 Å². The first-order chi connectivity index (χ1) is 7.22. The number of rotatable bonds is 3. The van der Waals surface area contributed by atoms with Crippen LogP contribution in [0, 0.1) is 0 Å². The third-order valence-corrected chi connectivity index (χ3v) is 2.79. The van der Waals surface area contributed by atoms with E-state index in [0.29, 0.717) is 18.0 Å². The van der Waals surface area contributed by atoms with E-state index in [0.717, 1.165) is 10.9 Å². The fraction of sp³-hybridized carbons (Fsp3) is 0.250. The summed E-state index contributed by atoms with van der Waals surface area (Å²) in [5, 5.41) is 1.77. The molecular weight excluding hydrogens is 210 g/mol. The van der Waals surface area contributed by atoms with Crippen LogP contribution in [0.3, 0.4) is 0 Å². The molecule has 0 aliphatic heterocycles. The van der Waals surface area contributed by atoms with Crippen molar-refractivity contribution in [2.24, 2.45) is 0 Å². The largest absolute Gasteiger partial charge is 0.339 e. The van der Waals surface area contributed by atoms with Crippen molar-refractivity contribution in [2.45, 2.75) is 19.9 Å². The van der Waals surface area contributed by atoms with E-state index in [1.54, 1.807) is 0 Å². The van der Waals surface area contributed by atoms with Crippen molar-refractivity contribution in [1.29, 1.82) is 0 Å². The van der Waals surface area contributed by atoms with Gasteiger partial charge in [0.25, 0.3) is 0 Å². The Bertz CT molecular complexity index is 501. The van der Waals surface area contributed by atoms with Gasteiger partial charge < -0.3 is 4.57 Å². The molecule has 78 valence electrons. The van der Waals surface area contributed by atoms with Gasteiger partial charge in [-0.3, -0.25) is 4.79 Å². The number of benzene rings is 1. The number of hydrogen-bond acceptors (Lipinski definition) is 1. The van der Waals surface area contributed by atoms with Crippen molar-refractivity contribution in [3.63, 3.8) is 0 Å². The SMILES string of the molecule is CCC(=O)Cn1ccc2cccc(Cl)c21. The Hall–Kier alpha value is -1.28. The molecule has 1 aromatic carbocycles. The van der Waals surface area contributed by atoms with Crippen molar-refractivity contribution in [3.05, 3.63) is 35.5 Å². The molecule has 0 saturated carbocycles. The number of nitrogens with zero attached hydrogens (tertiary/aromatic N) is 1. The van der Waals surface area contributed by atoms with Gasteiger partial charge in [-0.2, -0.15) is 0 Å². The fourth-order valence-electron chi connectivity index (χ4n) is 1.65. The lowest BCUT2D eigenvalue weighted by atomic mass is 10.2. The molecule has 2 rings (SSSR count). The van der Waals surface area contributed by atoms with Crippen LogP contribution in [0.25, 0.3) is 10.9 Å². The molecule has 0 N–H and O–H groups in total. The van der Waals surface area contributed by atoms with Crippen LogP contribution in [0.4, 0.5) is 0 Å². The zero-order valence-corrected chi connectivity index (χ0v) is 9.29. The van der Waals surface area contributed by atoms with Crippen LogP contribution in [0.1, 0.15) is 13.3 Å². The topological polar surface area (TPSA) is 22.0 Å². The maximum Gasteiger partial charge on any atom is 0.152 e. The Labute approximate surface area is 93.5 Å². The van der Waals surface area contributed by atoms with Gasteiger partial charge in [0.1, 0.15) is 0 Å². The van der Waals surface area contributed by atoms with E-state index in [4.69, 9.17) is 11.6 Å². The predicted octanol–water partition coefficient (Wildman–Crippen LogP) is 3.27. The second-order valence-corrected chi connectivity index (χ2v) is 3.92. The Morgan fingerprint density at radius 2 is 2.20 bits per heavy atom. The highest BCUT2D eigenvalue weighted by Gasteiger charge is 2.07. The minimum absolute atomic E-state index is 0.215. The Kier molecular flexibility index (Phi) is 2.78. The number of para-hydroxylation sites is 1. The molecular formula is C12H12ClNO. The molecule has 0 bridgehead atoms. The number of fused-ring (bicyclic) bond motifs is 1. The van der Waals surface area contributed by atoms with Crippen LogP contribution in [-0.2, 0) is 11.3 Å². The molecule has 0 amide bonds. The molecule has 1 aromatic heterocycles. The van der Waals surface area contributed by atoms with Crippen LogP contribution < -0.4 is 0 Å². The van der Waals surface area contributed by atoms with Gasteiger partial charge in [-0.25, -0.2) is 0 Å². The number of ketones is 1. The summed E-state index contributed by atoms with van der Waals surface area (Å²) in [7, 11) is 0. The van der Waals surface area contributed by atoms with Crippen molar-refractivity contribution < 1.29 is 4.79 Å². The van der Waals surface area contributed by atoms with E-state index < -0.39 is 0 Å². The monoisotopic (exact) mass is 221 g/mol. The Balaban J connectivity index is 2.48. The Morgan fingerprint density at radius 1 is 1.40 bits per heavy atom. The molecule has 0 fully saturated rings. The number of carbonyl (C=O) groups is 1. The van der Waals surface area contributed by atoms with Gasteiger partial charge in [-0.15, -0.1) is 0 Å². The molecule has 1 heterocycles. The second kappa shape index (κ2) is 4.07. The highest BCUT2D eigenvalue weighted by atomic mass is 35.5. The number of Topliss-reactive ketones (excluding diaryl/α,β-unsaturated/α-hetero) is 1. The van der Waals surface area contributed by atoms with Crippen LogP contribution >= 0.6 is 11.6 Å². The van der Waals surface area contributed by atoms with Gasteiger partial charge >= 0.3 is 0 Å². The zero-order valence-electron chi connectivity index (χ0n) is 8.53. The van der Waals surface area contributed by atoms with Crippen molar-refractivity contribution >= 4 is 28.3 Å². The summed E-state index contributed by atoms with van der Waals surface area (Å²) in [5.74, 6) is 0.215. The molecule has 0 atom stereocenters. The summed E-state index contributed by atoms with van der Waals surface area (Å²) in [6, 6.07) is 7.73. The van der Waals surface area contributed by atoms with E-state index >= 15 is 0 Å². The van der Waals surface area contributed by atoms with Crippen molar-refractivity contribution in [3.8, 4) is 0 Å². The number of aromatic nitrogens is 1. The lowest BCUT2D eigenvalue weighted by Crippen LogP contribution is -2.07. The smallest absolute Gasteiger partial charge is 0.152 e. The van der Waals surface area contributed by atoms with Crippen LogP contribution in [-0.4, -0.2) is 10.4 Å². The van der Waals surface area contributed by atoms with Gasteiger partial charge in [0.05, 0.1) is 17.1 Å². The molecule has 0 saturated heterocycles. The average molecular weight is 222 g/mol. The van der Waals surface area contributed by atoms with Gasteiger partial charge in [0.15, 0.2) is 5.78 Å². The minimum atomic E-state index is 0.215. The predicted molar refractivity (Wildman–Crippen MR) is 62.2 cm³/mol. The average Bonchev–Trinajstić information content (AvgIpc) is 2.63. The molecule has 0 spiro atoms. The molecule has 0 aliphatic rings. The summed E-state index contributed by atoms with van der Waals surface area (Å²) < 4.78 is 1.91. The first-order valence-electron chi connectivity index (χ1n) is 4.97. The number of halogens is 1. The van der Waals surface area contributed by atoms with E-state index in [-0.39, 0.29) is 5.78 Å².